The van der Waals surface area contributed by atoms with Crippen molar-refractivity contribution >= 4 is 5.69 Å². The molecule has 2 rings (SSSR count). The average molecular weight is 268 g/mol. The Bertz CT molecular complexity index is 615. The van der Waals surface area contributed by atoms with E-state index < -0.39 is 0 Å². The van der Waals surface area contributed by atoms with Crippen molar-refractivity contribution in [3.05, 3.63) is 59.2 Å². The molecule has 0 aliphatic rings. The highest BCUT2D eigenvalue weighted by atomic mass is 16.5. The molecule has 0 aromatic heterocycles. The first-order valence-corrected chi connectivity index (χ1v) is 6.27. The number of nitrogens with one attached hydrogen (secondary N) is 1. The number of benzene rings is 2. The third-order valence-electron chi connectivity index (χ3n) is 3.04. The van der Waals surface area contributed by atoms with Crippen LogP contribution in [0.3, 0.4) is 0 Å². The van der Waals surface area contributed by atoms with Crippen molar-refractivity contribution in [2.45, 2.75) is 13.2 Å². The first-order valence-electron chi connectivity index (χ1n) is 6.27. The maximum Gasteiger partial charge on any atom is 0.121 e. The van der Waals surface area contributed by atoms with Gasteiger partial charge in [0.2, 0.25) is 0 Å². The summed E-state index contributed by atoms with van der Waals surface area (Å²) in [5, 5.41) is 21.3. The summed E-state index contributed by atoms with van der Waals surface area (Å²) >= 11 is 0. The number of anilines is 1. The Morgan fingerprint density at radius 3 is 2.45 bits per heavy atom. The van der Waals surface area contributed by atoms with Crippen LogP contribution in [-0.4, -0.2) is 12.2 Å². The van der Waals surface area contributed by atoms with Crippen molar-refractivity contribution in [3.63, 3.8) is 0 Å². The van der Waals surface area contributed by atoms with Crippen molar-refractivity contribution in [2.75, 3.05) is 12.4 Å². The molecule has 0 bridgehead atoms. The van der Waals surface area contributed by atoms with E-state index in [4.69, 9.17) is 15.1 Å². The van der Waals surface area contributed by atoms with Crippen molar-refractivity contribution < 1.29 is 9.84 Å². The van der Waals surface area contributed by atoms with Crippen LogP contribution >= 0.6 is 0 Å². The minimum Gasteiger partial charge on any atom is -0.497 e. The highest BCUT2D eigenvalue weighted by molar-refractivity contribution is 5.60. The van der Waals surface area contributed by atoms with Crippen LogP contribution < -0.4 is 10.1 Å². The van der Waals surface area contributed by atoms with Crippen molar-refractivity contribution in [1.82, 2.24) is 0 Å². The molecule has 0 unspecified atom stereocenters. The van der Waals surface area contributed by atoms with Gasteiger partial charge in [0.1, 0.15) is 11.8 Å². The summed E-state index contributed by atoms with van der Waals surface area (Å²) in [7, 11) is 1.60. The maximum atomic E-state index is 9.09. The third kappa shape index (κ3) is 3.28. The zero-order valence-electron chi connectivity index (χ0n) is 11.3. The molecule has 4 nitrogen and oxygen atoms in total. The molecule has 0 fully saturated rings. The summed E-state index contributed by atoms with van der Waals surface area (Å²) in [5.41, 5.74) is 3.29. The maximum absolute atomic E-state index is 9.09. The predicted octanol–water partition coefficient (Wildman–Crippen LogP) is 2.67. The molecule has 0 heterocycles. The lowest BCUT2D eigenvalue weighted by molar-refractivity contribution is 0.282. The zero-order valence-corrected chi connectivity index (χ0v) is 11.3. The molecular weight excluding hydrogens is 252 g/mol. The minimum absolute atomic E-state index is 0.0438. The summed E-state index contributed by atoms with van der Waals surface area (Å²) in [6.07, 6.45) is 0. The van der Waals surface area contributed by atoms with E-state index >= 15 is 0 Å². The fourth-order valence-corrected chi connectivity index (χ4v) is 1.85. The fourth-order valence-electron chi connectivity index (χ4n) is 1.85. The molecule has 0 aliphatic heterocycles. The zero-order chi connectivity index (χ0) is 14.4. The molecule has 2 aromatic rings. The van der Waals surface area contributed by atoms with Crippen LogP contribution in [0.1, 0.15) is 16.7 Å². The van der Waals surface area contributed by atoms with Crippen LogP contribution in [0.15, 0.2) is 42.5 Å². The summed E-state index contributed by atoms with van der Waals surface area (Å²) in [6.45, 7) is 0.649. The molecule has 102 valence electrons. The van der Waals surface area contributed by atoms with Crippen LogP contribution in [0, 0.1) is 11.3 Å². The molecule has 0 aliphatic carbocycles. The molecule has 20 heavy (non-hydrogen) atoms. The number of methoxy groups -OCH3 is 1. The molecule has 2 N–H and O–H groups in total. The van der Waals surface area contributed by atoms with Crippen LogP contribution in [0.25, 0.3) is 0 Å². The van der Waals surface area contributed by atoms with Gasteiger partial charge in [0.05, 0.1) is 25.0 Å². The van der Waals surface area contributed by atoms with Gasteiger partial charge in [-0.3, -0.25) is 0 Å². The fraction of sp³-hybridized carbons (Fsp3) is 0.188. The second-order valence-electron chi connectivity index (χ2n) is 4.35. The summed E-state index contributed by atoms with van der Waals surface area (Å²) in [4.78, 5) is 0. The van der Waals surface area contributed by atoms with Gasteiger partial charge in [0.25, 0.3) is 0 Å². The number of aliphatic hydroxyl groups is 1. The Hall–Kier alpha value is -2.51. The van der Waals surface area contributed by atoms with Crippen LogP contribution in [0.2, 0.25) is 0 Å². The van der Waals surface area contributed by atoms with Crippen LogP contribution in [-0.2, 0) is 13.2 Å². The van der Waals surface area contributed by atoms with E-state index in [-0.39, 0.29) is 6.61 Å². The number of hydrogen-bond donors (Lipinski definition) is 2. The van der Waals surface area contributed by atoms with Crippen LogP contribution in [0.4, 0.5) is 5.69 Å². The van der Waals surface area contributed by atoms with E-state index in [1.807, 2.05) is 24.3 Å². The van der Waals surface area contributed by atoms with Crippen LogP contribution in [0.5, 0.6) is 5.75 Å². The Balaban J connectivity index is 2.11. The SMILES string of the molecule is COc1ccc(C#N)c(NCc2ccc(CO)cc2)c1. The van der Waals surface area contributed by atoms with Gasteiger partial charge in [-0.15, -0.1) is 0 Å². The van der Waals surface area contributed by atoms with Gasteiger partial charge in [0, 0.05) is 12.6 Å². The normalized spacial score (nSPS) is 9.85. The lowest BCUT2D eigenvalue weighted by atomic mass is 10.1. The second kappa shape index (κ2) is 6.60. The first-order chi connectivity index (χ1) is 9.76. The number of aliphatic hydroxyl groups excluding tert-OH is 1. The molecule has 0 saturated carbocycles. The first kappa shape index (κ1) is 13.9. The Kier molecular flexibility index (Phi) is 4.59. The van der Waals surface area contributed by atoms with Crippen molar-refractivity contribution in [1.29, 1.82) is 5.26 Å². The van der Waals surface area contributed by atoms with Crippen molar-refractivity contribution in [3.8, 4) is 11.8 Å². The molecule has 0 radical (unpaired) electrons. The number of hydrogen-bond acceptors (Lipinski definition) is 4. The van der Waals surface area contributed by atoms with Gasteiger partial charge >= 0.3 is 0 Å². The second-order valence-corrected chi connectivity index (χ2v) is 4.35. The number of nitrogens with zero attached hydrogens (tertiary/aromatic N) is 1. The van der Waals surface area contributed by atoms with Gasteiger partial charge in [0.15, 0.2) is 0 Å². The average Bonchev–Trinajstić information content (AvgIpc) is 2.53. The minimum atomic E-state index is 0.0438. The van der Waals surface area contributed by atoms with E-state index in [2.05, 4.69) is 11.4 Å². The quantitative estimate of drug-likeness (QED) is 0.875. The van der Waals surface area contributed by atoms with Gasteiger partial charge in [-0.25, -0.2) is 0 Å². The smallest absolute Gasteiger partial charge is 0.121 e. The van der Waals surface area contributed by atoms with E-state index in [1.165, 1.54) is 0 Å². The summed E-state index contributed by atoms with van der Waals surface area (Å²) in [5.74, 6) is 0.710. The van der Waals surface area contributed by atoms with Gasteiger partial charge < -0.3 is 15.2 Å². The van der Waals surface area contributed by atoms with Gasteiger partial charge in [-0.05, 0) is 23.3 Å². The van der Waals surface area contributed by atoms with Crippen molar-refractivity contribution in [2.24, 2.45) is 0 Å². The Morgan fingerprint density at radius 1 is 1.15 bits per heavy atom. The third-order valence-corrected chi connectivity index (χ3v) is 3.04. The molecule has 0 atom stereocenters. The molecular formula is C16H16N2O2. The molecule has 4 heteroatoms. The van der Waals surface area contributed by atoms with E-state index in [0.29, 0.717) is 17.9 Å². The number of ether oxygens (including phenoxy) is 1. The van der Waals surface area contributed by atoms with E-state index in [9.17, 15) is 0 Å². The molecule has 0 amide bonds. The highest BCUT2D eigenvalue weighted by Gasteiger charge is 2.04. The van der Waals surface area contributed by atoms with E-state index in [1.54, 1.807) is 25.3 Å². The predicted molar refractivity (Wildman–Crippen MR) is 77.4 cm³/mol. The summed E-state index contributed by atoms with van der Waals surface area (Å²) in [6, 6.07) is 15.1. The monoisotopic (exact) mass is 268 g/mol. The summed E-state index contributed by atoms with van der Waals surface area (Å²) < 4.78 is 5.16. The number of rotatable bonds is 5. The number of nitriles is 1. The topological polar surface area (TPSA) is 65.3 Å². The lowest BCUT2D eigenvalue weighted by Crippen LogP contribution is -2.02. The largest absolute Gasteiger partial charge is 0.497 e. The lowest BCUT2D eigenvalue weighted by Gasteiger charge is -2.10. The van der Waals surface area contributed by atoms with Gasteiger partial charge in [-0.1, -0.05) is 24.3 Å². The molecule has 0 saturated heterocycles. The Morgan fingerprint density at radius 2 is 1.85 bits per heavy atom. The van der Waals surface area contributed by atoms with Gasteiger partial charge in [-0.2, -0.15) is 5.26 Å². The molecule has 2 aromatic carbocycles. The highest BCUT2D eigenvalue weighted by Crippen LogP contribution is 2.22. The van der Waals surface area contributed by atoms with E-state index in [0.717, 1.165) is 16.8 Å². The Labute approximate surface area is 118 Å². The standard InChI is InChI=1S/C16H16N2O2/c1-20-15-7-6-14(9-17)16(8-15)18-10-12-2-4-13(11-19)5-3-12/h2-8,18-19H,10-11H2,1H3. The molecule has 0 spiro atoms.